The van der Waals surface area contributed by atoms with Gasteiger partial charge in [-0.3, -0.25) is 0 Å². The molecule has 0 spiro atoms. The number of hydrogen-bond acceptors (Lipinski definition) is 6. The third kappa shape index (κ3) is 3.53. The Kier molecular flexibility index (Phi) is 4.78. The number of carboxylic acid groups (broad SMARTS) is 1. The molecule has 7 heteroatoms. The number of aliphatic carboxylic acids is 1. The minimum atomic E-state index is -0.930. The first-order valence-electron chi connectivity index (χ1n) is 4.31. The van der Waals surface area contributed by atoms with Gasteiger partial charge in [-0.15, -0.1) is 0 Å². The fourth-order valence-electron chi connectivity index (χ4n) is 0.982. The van der Waals surface area contributed by atoms with E-state index < -0.39 is 5.97 Å². The lowest BCUT2D eigenvalue weighted by atomic mass is 10.6. The summed E-state index contributed by atoms with van der Waals surface area (Å²) >= 11 is 6.79. The highest BCUT2D eigenvalue weighted by Crippen LogP contribution is 2.52. The highest BCUT2D eigenvalue weighted by molar-refractivity contribution is 8.33. The third-order valence-corrected chi connectivity index (χ3v) is 6.61. The van der Waals surface area contributed by atoms with Gasteiger partial charge in [-0.1, -0.05) is 47.0 Å². The topological polar surface area (TPSA) is 46.5 Å². The lowest BCUT2D eigenvalue weighted by molar-refractivity contribution is -0.141. The maximum Gasteiger partial charge on any atom is 0.329 e. The quantitative estimate of drug-likeness (QED) is 0.851. The molecule has 0 aliphatic carbocycles. The van der Waals surface area contributed by atoms with Gasteiger partial charge in [0.15, 0.2) is 0 Å². The lowest BCUT2D eigenvalue weighted by Gasteiger charge is -2.02. The van der Waals surface area contributed by atoms with Crippen molar-refractivity contribution in [1.82, 2.24) is 0 Å². The smallest absolute Gasteiger partial charge is 0.329 e. The lowest BCUT2D eigenvalue weighted by Crippen LogP contribution is -2.07. The van der Waals surface area contributed by atoms with Gasteiger partial charge in [0.1, 0.15) is 6.61 Å². The number of hydrogen-bond donors (Lipinski definition) is 1. The molecule has 0 saturated carbocycles. The SMILES string of the molecule is O=C(O)COCC1=CSC(=C2SC=CS2)S1. The Labute approximate surface area is 110 Å². The van der Waals surface area contributed by atoms with Crippen LogP contribution in [0.25, 0.3) is 0 Å². The van der Waals surface area contributed by atoms with Crippen LogP contribution in [0.1, 0.15) is 0 Å². The summed E-state index contributed by atoms with van der Waals surface area (Å²) in [6, 6.07) is 0. The number of thioether (sulfide) groups is 4. The van der Waals surface area contributed by atoms with Crippen LogP contribution in [0.2, 0.25) is 0 Å². The van der Waals surface area contributed by atoms with Crippen LogP contribution in [0.5, 0.6) is 0 Å². The van der Waals surface area contributed by atoms with E-state index in [-0.39, 0.29) is 6.61 Å². The Bertz CT molecular complexity index is 376. The highest BCUT2D eigenvalue weighted by Gasteiger charge is 2.18. The van der Waals surface area contributed by atoms with E-state index in [0.717, 1.165) is 4.91 Å². The van der Waals surface area contributed by atoms with Gasteiger partial charge in [0.25, 0.3) is 0 Å². The fourth-order valence-corrected chi connectivity index (χ4v) is 5.40. The Balaban J connectivity index is 1.78. The molecule has 0 fully saturated rings. The zero-order valence-electron chi connectivity index (χ0n) is 8.04. The first-order chi connectivity index (χ1) is 7.75. The molecular formula is C9H8O3S4. The minimum absolute atomic E-state index is 0.237. The van der Waals surface area contributed by atoms with Gasteiger partial charge in [-0.05, 0) is 16.2 Å². The van der Waals surface area contributed by atoms with E-state index in [4.69, 9.17) is 9.84 Å². The van der Waals surface area contributed by atoms with E-state index >= 15 is 0 Å². The van der Waals surface area contributed by atoms with Crippen LogP contribution in [0, 0.1) is 0 Å². The summed E-state index contributed by atoms with van der Waals surface area (Å²) in [4.78, 5) is 11.3. The predicted molar refractivity (Wildman–Crippen MR) is 73.1 cm³/mol. The molecule has 2 aliphatic rings. The van der Waals surface area contributed by atoms with Crippen LogP contribution in [0.3, 0.4) is 0 Å². The van der Waals surface area contributed by atoms with Crippen molar-refractivity contribution in [1.29, 1.82) is 0 Å². The average molecular weight is 292 g/mol. The van der Waals surface area contributed by atoms with Crippen molar-refractivity contribution in [3.63, 3.8) is 0 Å². The monoisotopic (exact) mass is 292 g/mol. The number of carboxylic acids is 1. The van der Waals surface area contributed by atoms with E-state index in [1.807, 2.05) is 5.41 Å². The fraction of sp³-hybridized carbons (Fsp3) is 0.222. The third-order valence-electron chi connectivity index (χ3n) is 1.56. The van der Waals surface area contributed by atoms with Crippen molar-refractivity contribution in [3.8, 4) is 0 Å². The molecule has 3 nitrogen and oxygen atoms in total. The summed E-state index contributed by atoms with van der Waals surface area (Å²) in [5, 5.41) is 14.6. The van der Waals surface area contributed by atoms with Crippen LogP contribution in [-0.4, -0.2) is 24.3 Å². The maximum absolute atomic E-state index is 10.3. The first-order valence-corrected chi connectivity index (χ1v) is 7.77. The number of rotatable bonds is 4. The van der Waals surface area contributed by atoms with Crippen molar-refractivity contribution in [2.45, 2.75) is 0 Å². The molecule has 0 aromatic rings. The molecule has 0 aromatic heterocycles. The van der Waals surface area contributed by atoms with Gasteiger partial charge >= 0.3 is 5.97 Å². The minimum Gasteiger partial charge on any atom is -0.480 e. The molecule has 0 atom stereocenters. The van der Waals surface area contributed by atoms with E-state index in [0.29, 0.717) is 6.61 Å². The molecule has 0 amide bonds. The average Bonchev–Trinajstić information content (AvgIpc) is 2.85. The molecule has 0 saturated heterocycles. The Morgan fingerprint density at radius 3 is 2.69 bits per heavy atom. The van der Waals surface area contributed by atoms with Crippen molar-refractivity contribution in [2.24, 2.45) is 0 Å². The van der Waals surface area contributed by atoms with Crippen LogP contribution in [-0.2, 0) is 9.53 Å². The summed E-state index contributed by atoms with van der Waals surface area (Å²) in [5.41, 5.74) is 0. The maximum atomic E-state index is 10.3. The molecule has 0 radical (unpaired) electrons. The molecule has 0 aromatic carbocycles. The van der Waals surface area contributed by atoms with Gasteiger partial charge in [0, 0.05) is 4.91 Å². The van der Waals surface area contributed by atoms with Crippen molar-refractivity contribution < 1.29 is 14.6 Å². The molecular weight excluding hydrogens is 284 g/mol. The van der Waals surface area contributed by atoms with Crippen LogP contribution < -0.4 is 0 Å². The van der Waals surface area contributed by atoms with Gasteiger partial charge < -0.3 is 9.84 Å². The van der Waals surface area contributed by atoms with E-state index in [2.05, 4.69) is 10.8 Å². The second-order valence-corrected chi connectivity index (χ2v) is 7.14. The van der Waals surface area contributed by atoms with Gasteiger partial charge in [-0.2, -0.15) is 0 Å². The summed E-state index contributed by atoms with van der Waals surface area (Å²) in [7, 11) is 0. The molecule has 0 bridgehead atoms. The Morgan fingerprint density at radius 2 is 2.00 bits per heavy atom. The van der Waals surface area contributed by atoms with Crippen molar-refractivity contribution in [2.75, 3.05) is 13.2 Å². The second kappa shape index (κ2) is 6.11. The molecule has 2 rings (SSSR count). The van der Waals surface area contributed by atoms with Crippen LogP contribution in [0.15, 0.2) is 29.6 Å². The summed E-state index contributed by atoms with van der Waals surface area (Å²) in [6.07, 6.45) is 0. The Hall–Kier alpha value is 0.0500. The van der Waals surface area contributed by atoms with E-state index in [1.165, 1.54) is 8.47 Å². The molecule has 16 heavy (non-hydrogen) atoms. The first kappa shape index (κ1) is 12.5. The number of carbonyl (C=O) groups is 1. The van der Waals surface area contributed by atoms with Gasteiger partial charge in [0.2, 0.25) is 0 Å². The normalized spacial score (nSPS) is 19.4. The molecule has 0 unspecified atom stereocenters. The summed E-state index contributed by atoms with van der Waals surface area (Å²) in [5.74, 6) is -0.930. The summed E-state index contributed by atoms with van der Waals surface area (Å²) < 4.78 is 7.59. The predicted octanol–water partition coefficient (Wildman–Crippen LogP) is 3.49. The Morgan fingerprint density at radius 1 is 1.25 bits per heavy atom. The molecule has 1 N–H and O–H groups in total. The molecule has 86 valence electrons. The van der Waals surface area contributed by atoms with E-state index in [1.54, 1.807) is 47.0 Å². The van der Waals surface area contributed by atoms with Crippen molar-refractivity contribution >= 4 is 53.0 Å². The zero-order chi connectivity index (χ0) is 11.4. The van der Waals surface area contributed by atoms with E-state index in [9.17, 15) is 4.79 Å². The number of ether oxygens (including phenoxy) is 1. The second-order valence-electron chi connectivity index (χ2n) is 2.77. The van der Waals surface area contributed by atoms with Gasteiger partial charge in [0.05, 0.1) is 15.1 Å². The van der Waals surface area contributed by atoms with Crippen LogP contribution >= 0.6 is 47.0 Å². The zero-order valence-corrected chi connectivity index (χ0v) is 11.3. The largest absolute Gasteiger partial charge is 0.480 e. The molecule has 2 heterocycles. The van der Waals surface area contributed by atoms with Crippen molar-refractivity contribution in [3.05, 3.63) is 29.6 Å². The standard InChI is InChI=1S/C9H8O3S4/c10-7(11)4-12-3-6-5-15-9(16-6)8-13-1-2-14-8/h1-2,5H,3-4H2,(H,10,11). The van der Waals surface area contributed by atoms with Crippen LogP contribution in [0.4, 0.5) is 0 Å². The highest BCUT2D eigenvalue weighted by atomic mass is 32.2. The molecule has 2 aliphatic heterocycles. The van der Waals surface area contributed by atoms with Gasteiger partial charge in [-0.25, -0.2) is 4.79 Å². The summed E-state index contributed by atoms with van der Waals surface area (Å²) in [6.45, 7) is 0.142.